The van der Waals surface area contributed by atoms with E-state index in [1.807, 2.05) is 0 Å². The van der Waals surface area contributed by atoms with Crippen LogP contribution in [0.15, 0.2) is 0 Å². The van der Waals surface area contributed by atoms with Crippen LogP contribution in [0.3, 0.4) is 0 Å². The molecule has 0 aromatic rings. The molecule has 13 heavy (non-hydrogen) atoms. The number of likely N-dealkylation sites (tertiary alicyclic amines) is 1. The zero-order valence-corrected chi connectivity index (χ0v) is 8.42. The smallest absolute Gasteiger partial charge is 0.220 e. The van der Waals surface area contributed by atoms with Gasteiger partial charge in [0.2, 0.25) is 5.91 Å². The van der Waals surface area contributed by atoms with Gasteiger partial charge in [-0.05, 0) is 19.3 Å². The quantitative estimate of drug-likeness (QED) is 0.678. The molecule has 3 unspecified atom stereocenters. The van der Waals surface area contributed by atoms with E-state index in [1.54, 1.807) is 0 Å². The summed E-state index contributed by atoms with van der Waals surface area (Å²) >= 11 is 0. The van der Waals surface area contributed by atoms with E-state index in [1.165, 1.54) is 6.54 Å². The normalized spacial score (nSPS) is 40.2. The summed E-state index contributed by atoms with van der Waals surface area (Å²) in [6.07, 6.45) is 1.75. The number of nitrogens with zero attached hydrogens (tertiary/aromatic N) is 1. The molecule has 1 amide bonds. The van der Waals surface area contributed by atoms with Gasteiger partial charge in [0.05, 0.1) is 0 Å². The van der Waals surface area contributed by atoms with Crippen LogP contribution in [0.5, 0.6) is 0 Å². The Bertz CT molecular complexity index is 217. The van der Waals surface area contributed by atoms with Crippen molar-refractivity contribution in [3.63, 3.8) is 0 Å². The molecular formula is C10H18N2O. The molecule has 74 valence electrons. The molecule has 0 saturated carbocycles. The lowest BCUT2D eigenvalue weighted by molar-refractivity contribution is -0.119. The molecule has 0 radical (unpaired) electrons. The average molecular weight is 182 g/mol. The first kappa shape index (κ1) is 9.00. The highest BCUT2D eigenvalue weighted by molar-refractivity contribution is 5.78. The van der Waals surface area contributed by atoms with Gasteiger partial charge < -0.3 is 5.32 Å². The van der Waals surface area contributed by atoms with Crippen LogP contribution < -0.4 is 5.32 Å². The number of hydrogen-bond donors (Lipinski definition) is 1. The number of rotatable bonds is 2. The number of amides is 1. The molecule has 3 nitrogen and oxygen atoms in total. The number of carbonyl (C=O) groups excluding carboxylic acids is 1. The zero-order valence-electron chi connectivity index (χ0n) is 8.42. The Balaban J connectivity index is 1.76. The molecule has 2 fully saturated rings. The van der Waals surface area contributed by atoms with Gasteiger partial charge in [0.25, 0.3) is 0 Å². The van der Waals surface area contributed by atoms with Crippen molar-refractivity contribution < 1.29 is 4.79 Å². The van der Waals surface area contributed by atoms with E-state index < -0.39 is 0 Å². The Kier molecular flexibility index (Phi) is 2.28. The predicted molar refractivity (Wildman–Crippen MR) is 51.4 cm³/mol. The van der Waals surface area contributed by atoms with Crippen molar-refractivity contribution in [3.8, 4) is 0 Å². The predicted octanol–water partition coefficient (Wildman–Crippen LogP) is 0.605. The lowest BCUT2D eigenvalue weighted by Crippen LogP contribution is -2.56. The van der Waals surface area contributed by atoms with Crippen LogP contribution in [0.25, 0.3) is 0 Å². The van der Waals surface area contributed by atoms with Gasteiger partial charge in [0, 0.05) is 31.6 Å². The Hall–Kier alpha value is -0.570. The summed E-state index contributed by atoms with van der Waals surface area (Å²) in [6, 6.07) is 1.12. The molecule has 0 aromatic carbocycles. The molecule has 2 aliphatic rings. The Morgan fingerprint density at radius 3 is 2.77 bits per heavy atom. The van der Waals surface area contributed by atoms with Gasteiger partial charge in [-0.3, -0.25) is 9.69 Å². The summed E-state index contributed by atoms with van der Waals surface area (Å²) in [7, 11) is 0. The molecule has 3 heteroatoms. The molecule has 2 rings (SSSR count). The first-order chi connectivity index (χ1) is 6.16. The molecule has 0 aliphatic carbocycles. The average Bonchev–Trinajstić information content (AvgIpc) is 2.50. The first-order valence-electron chi connectivity index (χ1n) is 5.20. The standard InChI is InChI=1S/C10H18N2O/c1-7-5-12(8(7)2)6-9-3-4-10(13)11-9/h7-9H,3-6H2,1-2H3,(H,11,13). The Morgan fingerprint density at radius 2 is 2.31 bits per heavy atom. The van der Waals surface area contributed by atoms with Crippen LogP contribution in [0.1, 0.15) is 26.7 Å². The molecule has 0 aromatic heterocycles. The van der Waals surface area contributed by atoms with Gasteiger partial charge >= 0.3 is 0 Å². The minimum absolute atomic E-state index is 0.228. The maximum absolute atomic E-state index is 11.0. The third kappa shape index (κ3) is 1.70. The topological polar surface area (TPSA) is 32.3 Å². The van der Waals surface area contributed by atoms with E-state index in [-0.39, 0.29) is 5.91 Å². The van der Waals surface area contributed by atoms with Gasteiger partial charge in [-0.1, -0.05) is 6.92 Å². The van der Waals surface area contributed by atoms with Crippen LogP contribution in [0.2, 0.25) is 0 Å². The lowest BCUT2D eigenvalue weighted by Gasteiger charge is -2.45. The molecule has 0 spiro atoms. The third-order valence-electron chi connectivity index (χ3n) is 3.46. The lowest BCUT2D eigenvalue weighted by atomic mass is 9.91. The largest absolute Gasteiger partial charge is 0.352 e. The van der Waals surface area contributed by atoms with Crippen molar-refractivity contribution in [1.82, 2.24) is 10.2 Å². The van der Waals surface area contributed by atoms with Crippen LogP contribution in [-0.2, 0) is 4.79 Å². The fourth-order valence-corrected chi connectivity index (χ4v) is 2.25. The van der Waals surface area contributed by atoms with Crippen LogP contribution >= 0.6 is 0 Å². The van der Waals surface area contributed by atoms with E-state index in [2.05, 4.69) is 24.1 Å². The number of hydrogen-bond acceptors (Lipinski definition) is 2. The summed E-state index contributed by atoms with van der Waals surface area (Å²) in [6.45, 7) is 6.81. The first-order valence-corrected chi connectivity index (χ1v) is 5.20. The van der Waals surface area contributed by atoms with Gasteiger partial charge in [0.1, 0.15) is 0 Å². The molecule has 1 N–H and O–H groups in total. The second-order valence-corrected chi connectivity index (χ2v) is 4.47. The van der Waals surface area contributed by atoms with Crippen molar-refractivity contribution in [2.75, 3.05) is 13.1 Å². The van der Waals surface area contributed by atoms with Gasteiger partial charge in [-0.25, -0.2) is 0 Å². The fraction of sp³-hybridized carbons (Fsp3) is 0.900. The van der Waals surface area contributed by atoms with E-state index in [4.69, 9.17) is 0 Å². The van der Waals surface area contributed by atoms with E-state index in [9.17, 15) is 4.79 Å². The summed E-state index contributed by atoms with van der Waals surface area (Å²) in [5, 5.41) is 3.01. The van der Waals surface area contributed by atoms with Crippen molar-refractivity contribution in [1.29, 1.82) is 0 Å². The van der Waals surface area contributed by atoms with Crippen LogP contribution in [0, 0.1) is 5.92 Å². The maximum atomic E-state index is 11.0. The molecule has 0 bridgehead atoms. The highest BCUT2D eigenvalue weighted by Gasteiger charge is 2.34. The van der Waals surface area contributed by atoms with Crippen molar-refractivity contribution in [2.45, 2.75) is 38.8 Å². The summed E-state index contributed by atoms with van der Waals surface area (Å²) < 4.78 is 0. The summed E-state index contributed by atoms with van der Waals surface area (Å²) in [4.78, 5) is 13.4. The second-order valence-electron chi connectivity index (χ2n) is 4.47. The van der Waals surface area contributed by atoms with E-state index in [0.717, 1.165) is 25.3 Å². The summed E-state index contributed by atoms with van der Waals surface area (Å²) in [5.41, 5.74) is 0. The highest BCUT2D eigenvalue weighted by Crippen LogP contribution is 2.24. The van der Waals surface area contributed by atoms with Crippen LogP contribution in [0.4, 0.5) is 0 Å². The van der Waals surface area contributed by atoms with E-state index >= 15 is 0 Å². The number of nitrogens with one attached hydrogen (secondary N) is 1. The summed E-state index contributed by atoms with van der Waals surface area (Å²) in [5.74, 6) is 1.06. The van der Waals surface area contributed by atoms with Crippen molar-refractivity contribution >= 4 is 5.91 Å². The molecule has 2 aliphatic heterocycles. The fourth-order valence-electron chi connectivity index (χ4n) is 2.25. The van der Waals surface area contributed by atoms with Gasteiger partial charge in [0.15, 0.2) is 0 Å². The van der Waals surface area contributed by atoms with E-state index in [0.29, 0.717) is 12.1 Å². The molecule has 3 atom stereocenters. The Morgan fingerprint density at radius 1 is 1.54 bits per heavy atom. The Labute approximate surface area is 79.5 Å². The van der Waals surface area contributed by atoms with Gasteiger partial charge in [-0.2, -0.15) is 0 Å². The third-order valence-corrected chi connectivity index (χ3v) is 3.46. The second kappa shape index (κ2) is 3.29. The van der Waals surface area contributed by atoms with Gasteiger partial charge in [-0.15, -0.1) is 0 Å². The van der Waals surface area contributed by atoms with Crippen molar-refractivity contribution in [2.24, 2.45) is 5.92 Å². The zero-order chi connectivity index (χ0) is 9.42. The number of carbonyl (C=O) groups is 1. The molecular weight excluding hydrogens is 164 g/mol. The SMILES string of the molecule is CC1CN(CC2CCC(=O)N2)C1C. The highest BCUT2D eigenvalue weighted by atomic mass is 16.1. The molecule has 2 heterocycles. The van der Waals surface area contributed by atoms with Crippen molar-refractivity contribution in [3.05, 3.63) is 0 Å². The molecule has 2 saturated heterocycles. The maximum Gasteiger partial charge on any atom is 0.220 e. The van der Waals surface area contributed by atoms with Crippen LogP contribution in [-0.4, -0.2) is 36.0 Å². The minimum atomic E-state index is 0.228. The monoisotopic (exact) mass is 182 g/mol. The minimum Gasteiger partial charge on any atom is -0.352 e.